The Morgan fingerprint density at radius 3 is 2.42 bits per heavy atom. The molecule has 19 heavy (non-hydrogen) atoms. The van der Waals surface area contributed by atoms with E-state index >= 15 is 0 Å². The van der Waals surface area contributed by atoms with Crippen molar-refractivity contribution in [2.45, 2.75) is 45.6 Å². The van der Waals surface area contributed by atoms with Gasteiger partial charge in [0.15, 0.2) is 0 Å². The van der Waals surface area contributed by atoms with Crippen molar-refractivity contribution >= 4 is 0 Å². The minimum absolute atomic E-state index is 0.265. The molecule has 0 aliphatic heterocycles. The molecule has 2 unspecified atom stereocenters. The molecule has 0 bridgehead atoms. The van der Waals surface area contributed by atoms with Crippen LogP contribution in [-0.4, -0.2) is 19.3 Å². The lowest BCUT2D eigenvalue weighted by molar-refractivity contribution is 0.0960. The lowest BCUT2D eigenvalue weighted by Crippen LogP contribution is -2.13. The maximum Gasteiger partial charge on any atom is 0.124 e. The van der Waals surface area contributed by atoms with Crippen molar-refractivity contribution in [1.29, 1.82) is 0 Å². The number of benzene rings is 1. The SMILES string of the molecule is CCCCC(CC)C(O)c1cc(OC)ccc1OC. The molecule has 3 heteroatoms. The van der Waals surface area contributed by atoms with E-state index in [4.69, 9.17) is 9.47 Å². The predicted molar refractivity (Wildman–Crippen MR) is 77.8 cm³/mol. The van der Waals surface area contributed by atoms with E-state index in [1.54, 1.807) is 14.2 Å². The summed E-state index contributed by atoms with van der Waals surface area (Å²) in [5.74, 6) is 1.74. The van der Waals surface area contributed by atoms with Gasteiger partial charge in [-0.3, -0.25) is 0 Å². The monoisotopic (exact) mass is 266 g/mol. The molecular weight excluding hydrogens is 240 g/mol. The van der Waals surface area contributed by atoms with E-state index in [0.717, 1.165) is 42.7 Å². The molecule has 0 aliphatic carbocycles. The minimum Gasteiger partial charge on any atom is -0.497 e. The summed E-state index contributed by atoms with van der Waals surface area (Å²) in [7, 11) is 3.26. The second-order valence-corrected chi connectivity index (χ2v) is 4.86. The molecule has 1 aromatic rings. The van der Waals surface area contributed by atoms with Crippen LogP contribution in [0.2, 0.25) is 0 Å². The highest BCUT2D eigenvalue weighted by atomic mass is 16.5. The second-order valence-electron chi connectivity index (χ2n) is 4.86. The first-order valence-electron chi connectivity index (χ1n) is 7.07. The molecule has 0 saturated carbocycles. The molecule has 1 rings (SSSR count). The molecule has 0 heterocycles. The third-order valence-corrected chi connectivity index (χ3v) is 3.65. The van der Waals surface area contributed by atoms with Gasteiger partial charge in [-0.15, -0.1) is 0 Å². The van der Waals surface area contributed by atoms with Gasteiger partial charge in [0.1, 0.15) is 11.5 Å². The summed E-state index contributed by atoms with van der Waals surface area (Å²) < 4.78 is 10.6. The van der Waals surface area contributed by atoms with Crippen molar-refractivity contribution in [3.05, 3.63) is 23.8 Å². The fraction of sp³-hybridized carbons (Fsp3) is 0.625. The molecule has 1 N–H and O–H groups in total. The van der Waals surface area contributed by atoms with Crippen molar-refractivity contribution in [2.75, 3.05) is 14.2 Å². The predicted octanol–water partition coefficient (Wildman–Crippen LogP) is 3.95. The molecule has 3 nitrogen and oxygen atoms in total. The number of hydrogen-bond acceptors (Lipinski definition) is 3. The first-order chi connectivity index (χ1) is 9.17. The molecule has 0 amide bonds. The van der Waals surface area contributed by atoms with Gasteiger partial charge in [-0.25, -0.2) is 0 Å². The zero-order valence-corrected chi connectivity index (χ0v) is 12.5. The van der Waals surface area contributed by atoms with E-state index in [-0.39, 0.29) is 5.92 Å². The number of unbranched alkanes of at least 4 members (excludes halogenated alkanes) is 1. The van der Waals surface area contributed by atoms with Crippen molar-refractivity contribution in [3.8, 4) is 11.5 Å². The molecule has 0 radical (unpaired) electrons. The molecular formula is C16H26O3. The van der Waals surface area contributed by atoms with E-state index in [9.17, 15) is 5.11 Å². The number of aliphatic hydroxyl groups excluding tert-OH is 1. The molecule has 0 aromatic heterocycles. The summed E-state index contributed by atoms with van der Waals surface area (Å²) in [4.78, 5) is 0. The fourth-order valence-corrected chi connectivity index (χ4v) is 2.38. The standard InChI is InChI=1S/C16H26O3/c1-5-7-8-12(6-2)16(17)14-11-13(18-3)9-10-15(14)19-4/h9-12,16-17H,5-8H2,1-4H3. The maximum absolute atomic E-state index is 10.6. The largest absolute Gasteiger partial charge is 0.497 e. The van der Waals surface area contributed by atoms with E-state index in [2.05, 4.69) is 13.8 Å². The summed E-state index contributed by atoms with van der Waals surface area (Å²) in [5, 5.41) is 10.6. The summed E-state index contributed by atoms with van der Waals surface area (Å²) in [5.41, 5.74) is 0.824. The average molecular weight is 266 g/mol. The highest BCUT2D eigenvalue weighted by Gasteiger charge is 2.22. The van der Waals surface area contributed by atoms with Gasteiger partial charge in [-0.05, 0) is 30.5 Å². The Morgan fingerprint density at radius 2 is 1.89 bits per heavy atom. The molecule has 108 valence electrons. The molecule has 0 spiro atoms. The van der Waals surface area contributed by atoms with Gasteiger partial charge in [-0.2, -0.15) is 0 Å². The van der Waals surface area contributed by atoms with Gasteiger partial charge >= 0.3 is 0 Å². The third kappa shape index (κ3) is 4.13. The normalized spacial score (nSPS) is 13.9. The Kier molecular flexibility index (Phi) is 6.71. The van der Waals surface area contributed by atoms with Crippen LogP contribution in [0.15, 0.2) is 18.2 Å². The van der Waals surface area contributed by atoms with E-state index in [1.165, 1.54) is 0 Å². The Morgan fingerprint density at radius 1 is 1.16 bits per heavy atom. The molecule has 2 atom stereocenters. The topological polar surface area (TPSA) is 38.7 Å². The summed E-state index contributed by atoms with van der Waals surface area (Å²) in [6.07, 6.45) is 3.79. The van der Waals surface area contributed by atoms with Crippen LogP contribution in [0.25, 0.3) is 0 Å². The number of methoxy groups -OCH3 is 2. The third-order valence-electron chi connectivity index (χ3n) is 3.65. The highest BCUT2D eigenvalue weighted by Crippen LogP contribution is 2.36. The van der Waals surface area contributed by atoms with Crippen molar-refractivity contribution in [2.24, 2.45) is 5.92 Å². The van der Waals surface area contributed by atoms with Gasteiger partial charge < -0.3 is 14.6 Å². The van der Waals surface area contributed by atoms with E-state index in [1.807, 2.05) is 18.2 Å². The van der Waals surface area contributed by atoms with Gasteiger partial charge in [0.05, 0.1) is 20.3 Å². The minimum atomic E-state index is -0.499. The maximum atomic E-state index is 10.6. The first kappa shape index (κ1) is 15.8. The van der Waals surface area contributed by atoms with Crippen LogP contribution in [0, 0.1) is 5.92 Å². The van der Waals surface area contributed by atoms with Crippen LogP contribution >= 0.6 is 0 Å². The molecule has 1 aromatic carbocycles. The van der Waals surface area contributed by atoms with Gasteiger partial charge in [0.2, 0.25) is 0 Å². The Labute approximate surface area is 116 Å². The van der Waals surface area contributed by atoms with Crippen LogP contribution in [0.5, 0.6) is 11.5 Å². The number of rotatable bonds is 8. The molecule has 0 saturated heterocycles. The van der Waals surface area contributed by atoms with Crippen molar-refractivity contribution in [1.82, 2.24) is 0 Å². The lowest BCUT2D eigenvalue weighted by Gasteiger charge is -2.23. The van der Waals surface area contributed by atoms with Crippen LogP contribution in [0.4, 0.5) is 0 Å². The average Bonchev–Trinajstić information content (AvgIpc) is 2.47. The van der Waals surface area contributed by atoms with E-state index < -0.39 is 6.10 Å². The number of aliphatic hydroxyl groups is 1. The summed E-state index contributed by atoms with van der Waals surface area (Å²) >= 11 is 0. The smallest absolute Gasteiger partial charge is 0.124 e. The second kappa shape index (κ2) is 8.05. The first-order valence-corrected chi connectivity index (χ1v) is 7.07. The number of ether oxygens (including phenoxy) is 2. The Hall–Kier alpha value is -1.22. The van der Waals surface area contributed by atoms with Crippen molar-refractivity contribution in [3.63, 3.8) is 0 Å². The van der Waals surface area contributed by atoms with Gasteiger partial charge in [0, 0.05) is 5.56 Å². The Balaban J connectivity index is 2.97. The van der Waals surface area contributed by atoms with Gasteiger partial charge in [0.25, 0.3) is 0 Å². The molecule has 0 aliphatic rings. The zero-order chi connectivity index (χ0) is 14.3. The quantitative estimate of drug-likeness (QED) is 0.774. The molecule has 0 fully saturated rings. The number of hydrogen-bond donors (Lipinski definition) is 1. The zero-order valence-electron chi connectivity index (χ0n) is 12.5. The lowest BCUT2D eigenvalue weighted by atomic mass is 9.88. The van der Waals surface area contributed by atoms with Gasteiger partial charge in [-0.1, -0.05) is 33.1 Å². The summed E-state index contributed by atoms with van der Waals surface area (Å²) in [6.45, 7) is 4.29. The van der Waals surface area contributed by atoms with Crippen LogP contribution < -0.4 is 9.47 Å². The van der Waals surface area contributed by atoms with Crippen LogP contribution in [0.1, 0.15) is 51.2 Å². The van der Waals surface area contributed by atoms with Crippen LogP contribution in [0.3, 0.4) is 0 Å². The van der Waals surface area contributed by atoms with E-state index in [0.29, 0.717) is 0 Å². The van der Waals surface area contributed by atoms with Crippen LogP contribution in [-0.2, 0) is 0 Å². The highest BCUT2D eigenvalue weighted by molar-refractivity contribution is 5.41. The Bertz CT molecular complexity index is 376. The van der Waals surface area contributed by atoms with Crippen molar-refractivity contribution < 1.29 is 14.6 Å². The summed E-state index contributed by atoms with van der Waals surface area (Å²) in [6, 6.07) is 5.57. The fourth-order valence-electron chi connectivity index (χ4n) is 2.38.